The molecule has 0 bridgehead atoms. The highest BCUT2D eigenvalue weighted by molar-refractivity contribution is 9.10. The number of ether oxygens (including phenoxy) is 1. The summed E-state index contributed by atoms with van der Waals surface area (Å²) < 4.78 is 6.43. The van der Waals surface area contributed by atoms with Crippen molar-refractivity contribution in [3.05, 3.63) is 94.0 Å². The molecular weight excluding hydrogens is 470 g/mol. The number of hydrogen-bond acceptors (Lipinski definition) is 4. The Hall–Kier alpha value is -3.45. The van der Waals surface area contributed by atoms with Crippen molar-refractivity contribution in [3.8, 4) is 5.75 Å². The molecule has 0 radical (unpaired) electrons. The normalized spacial score (nSPS) is 10.7. The van der Waals surface area contributed by atoms with E-state index in [9.17, 15) is 9.59 Å². The number of benzene rings is 3. The number of halogens is 1. The maximum absolute atomic E-state index is 12.6. The van der Waals surface area contributed by atoms with E-state index in [0.717, 1.165) is 28.6 Å². The molecule has 0 spiro atoms. The van der Waals surface area contributed by atoms with E-state index in [1.807, 2.05) is 30.3 Å². The number of amides is 2. The van der Waals surface area contributed by atoms with Gasteiger partial charge in [0.15, 0.2) is 0 Å². The lowest BCUT2D eigenvalue weighted by atomic mass is 10.1. The lowest BCUT2D eigenvalue weighted by Crippen LogP contribution is -2.21. The summed E-state index contributed by atoms with van der Waals surface area (Å²) in [5, 5.41) is 6.81. The fraction of sp³-hybridized carbons (Fsp3) is 0.160. The fourth-order valence-corrected chi connectivity index (χ4v) is 3.22. The van der Waals surface area contributed by atoms with Crippen LogP contribution < -0.4 is 15.5 Å². The highest BCUT2D eigenvalue weighted by Crippen LogP contribution is 2.18. The second-order valence-corrected chi connectivity index (χ2v) is 7.90. The van der Waals surface area contributed by atoms with Crippen molar-refractivity contribution in [2.75, 3.05) is 11.9 Å². The Kier molecular flexibility index (Phi) is 8.57. The quantitative estimate of drug-likeness (QED) is 0.229. The van der Waals surface area contributed by atoms with Crippen molar-refractivity contribution in [2.45, 2.75) is 19.8 Å². The van der Waals surface area contributed by atoms with Gasteiger partial charge in [-0.25, -0.2) is 5.43 Å². The van der Waals surface area contributed by atoms with Crippen LogP contribution in [0.15, 0.2) is 82.4 Å². The average Bonchev–Trinajstić information content (AvgIpc) is 2.80. The molecular formula is C25H24BrN3O3. The number of unbranched alkanes of at least 4 members (excludes halogenated alkanes) is 1. The van der Waals surface area contributed by atoms with Crippen molar-refractivity contribution in [1.82, 2.24) is 5.43 Å². The SMILES string of the molecule is CCCCOc1ccc(/C=N\NC(=O)c2ccccc2NC(=O)c2cccc(Br)c2)cc1. The van der Waals surface area contributed by atoms with Crippen LogP contribution in [-0.2, 0) is 0 Å². The Labute approximate surface area is 195 Å². The predicted octanol–water partition coefficient (Wildman–Crippen LogP) is 5.64. The number of anilines is 1. The maximum Gasteiger partial charge on any atom is 0.273 e. The van der Waals surface area contributed by atoms with Crippen molar-refractivity contribution in [2.24, 2.45) is 5.10 Å². The average molecular weight is 494 g/mol. The molecule has 32 heavy (non-hydrogen) atoms. The van der Waals surface area contributed by atoms with Crippen molar-refractivity contribution < 1.29 is 14.3 Å². The first kappa shape index (κ1) is 23.2. The fourth-order valence-electron chi connectivity index (χ4n) is 2.82. The molecule has 0 unspecified atom stereocenters. The van der Waals surface area contributed by atoms with Crippen molar-refractivity contribution >= 4 is 39.6 Å². The highest BCUT2D eigenvalue weighted by atomic mass is 79.9. The number of para-hydroxylation sites is 1. The first-order valence-electron chi connectivity index (χ1n) is 10.3. The summed E-state index contributed by atoms with van der Waals surface area (Å²) in [6.07, 6.45) is 3.65. The van der Waals surface area contributed by atoms with Gasteiger partial charge in [-0.05, 0) is 66.6 Å². The van der Waals surface area contributed by atoms with Crippen LogP contribution in [0.2, 0.25) is 0 Å². The van der Waals surface area contributed by atoms with Crippen LogP contribution in [0.4, 0.5) is 5.69 Å². The Balaban J connectivity index is 1.61. The van der Waals surface area contributed by atoms with Gasteiger partial charge >= 0.3 is 0 Å². The summed E-state index contributed by atoms with van der Waals surface area (Å²) >= 11 is 3.35. The minimum Gasteiger partial charge on any atom is -0.494 e. The molecule has 0 aliphatic carbocycles. The van der Waals surface area contributed by atoms with E-state index in [-0.39, 0.29) is 5.91 Å². The van der Waals surface area contributed by atoms with Crippen molar-refractivity contribution in [1.29, 1.82) is 0 Å². The first-order chi connectivity index (χ1) is 15.6. The van der Waals surface area contributed by atoms with Crippen LogP contribution in [-0.4, -0.2) is 24.6 Å². The number of hydrazone groups is 1. The molecule has 0 saturated carbocycles. The van der Waals surface area contributed by atoms with Crippen LogP contribution in [0.5, 0.6) is 5.75 Å². The van der Waals surface area contributed by atoms with E-state index in [2.05, 4.69) is 38.7 Å². The third-order valence-electron chi connectivity index (χ3n) is 4.53. The number of nitrogens with one attached hydrogen (secondary N) is 2. The zero-order valence-corrected chi connectivity index (χ0v) is 19.3. The second kappa shape index (κ2) is 11.8. The van der Waals surface area contributed by atoms with E-state index in [4.69, 9.17) is 4.74 Å². The molecule has 0 aliphatic rings. The zero-order valence-electron chi connectivity index (χ0n) is 17.7. The van der Waals surface area contributed by atoms with Gasteiger partial charge < -0.3 is 10.1 Å². The van der Waals surface area contributed by atoms with E-state index in [1.165, 1.54) is 0 Å². The predicted molar refractivity (Wildman–Crippen MR) is 130 cm³/mol. The van der Waals surface area contributed by atoms with Crippen LogP contribution in [0, 0.1) is 0 Å². The molecule has 0 heterocycles. The van der Waals surface area contributed by atoms with Gasteiger partial charge in [-0.15, -0.1) is 0 Å². The third kappa shape index (κ3) is 6.78. The summed E-state index contributed by atoms with van der Waals surface area (Å²) in [4.78, 5) is 25.2. The molecule has 7 heteroatoms. The number of carbonyl (C=O) groups is 2. The van der Waals surface area contributed by atoms with Gasteiger partial charge in [-0.3, -0.25) is 9.59 Å². The van der Waals surface area contributed by atoms with Gasteiger partial charge in [0.05, 0.1) is 24.1 Å². The van der Waals surface area contributed by atoms with Gasteiger partial charge in [0.2, 0.25) is 0 Å². The summed E-state index contributed by atoms with van der Waals surface area (Å²) in [7, 11) is 0. The molecule has 0 saturated heterocycles. The lowest BCUT2D eigenvalue weighted by Gasteiger charge is -2.10. The van der Waals surface area contributed by atoms with Gasteiger partial charge in [0.1, 0.15) is 5.75 Å². The minimum atomic E-state index is -0.425. The van der Waals surface area contributed by atoms with Gasteiger partial charge in [0.25, 0.3) is 11.8 Å². The molecule has 3 aromatic carbocycles. The largest absolute Gasteiger partial charge is 0.494 e. The van der Waals surface area contributed by atoms with Crippen LogP contribution in [0.1, 0.15) is 46.0 Å². The molecule has 3 rings (SSSR count). The molecule has 0 aromatic heterocycles. The molecule has 2 amide bonds. The first-order valence-corrected chi connectivity index (χ1v) is 11.1. The number of nitrogens with zero attached hydrogens (tertiary/aromatic N) is 1. The Morgan fingerprint density at radius 2 is 1.78 bits per heavy atom. The van der Waals surface area contributed by atoms with E-state index < -0.39 is 5.91 Å². The summed E-state index contributed by atoms with van der Waals surface area (Å²) in [6, 6.07) is 21.3. The summed E-state index contributed by atoms with van der Waals surface area (Å²) in [6.45, 7) is 2.81. The Bertz CT molecular complexity index is 1100. The summed E-state index contributed by atoms with van der Waals surface area (Å²) in [5.74, 6) is 0.0666. The highest BCUT2D eigenvalue weighted by Gasteiger charge is 2.14. The number of rotatable bonds is 9. The number of hydrogen-bond donors (Lipinski definition) is 2. The van der Waals surface area contributed by atoms with Gasteiger partial charge in [-0.2, -0.15) is 5.10 Å². The Morgan fingerprint density at radius 1 is 1.00 bits per heavy atom. The number of carbonyl (C=O) groups excluding carboxylic acids is 2. The topological polar surface area (TPSA) is 79.8 Å². The molecule has 6 nitrogen and oxygen atoms in total. The molecule has 0 aliphatic heterocycles. The van der Waals surface area contributed by atoms with Crippen LogP contribution >= 0.6 is 15.9 Å². The standard InChI is InChI=1S/C25H24BrN3O3/c1-2-3-15-32-21-13-11-18(12-14-21)17-27-29-25(31)22-9-4-5-10-23(22)28-24(30)19-7-6-8-20(26)16-19/h4-14,16-17H,2-3,15H2,1H3,(H,28,30)(H,29,31)/b27-17-. The second-order valence-electron chi connectivity index (χ2n) is 6.98. The summed E-state index contributed by atoms with van der Waals surface area (Å²) in [5.41, 5.74) is 4.53. The molecule has 0 atom stereocenters. The molecule has 2 N–H and O–H groups in total. The molecule has 164 valence electrons. The van der Waals surface area contributed by atoms with E-state index in [1.54, 1.807) is 48.7 Å². The van der Waals surface area contributed by atoms with Crippen molar-refractivity contribution in [3.63, 3.8) is 0 Å². The molecule has 3 aromatic rings. The smallest absolute Gasteiger partial charge is 0.273 e. The van der Waals surface area contributed by atoms with Crippen LogP contribution in [0.3, 0.4) is 0 Å². The Morgan fingerprint density at radius 3 is 2.53 bits per heavy atom. The third-order valence-corrected chi connectivity index (χ3v) is 5.03. The molecule has 0 fully saturated rings. The van der Waals surface area contributed by atoms with Gasteiger partial charge in [0, 0.05) is 10.0 Å². The maximum atomic E-state index is 12.6. The monoisotopic (exact) mass is 493 g/mol. The zero-order chi connectivity index (χ0) is 22.8. The van der Waals surface area contributed by atoms with Gasteiger partial charge in [-0.1, -0.05) is 47.5 Å². The minimum absolute atomic E-state index is 0.309. The lowest BCUT2D eigenvalue weighted by molar-refractivity contribution is 0.0956. The van der Waals surface area contributed by atoms with Crippen LogP contribution in [0.25, 0.3) is 0 Å². The van der Waals surface area contributed by atoms with E-state index in [0.29, 0.717) is 23.4 Å². The van der Waals surface area contributed by atoms with E-state index >= 15 is 0 Å².